The van der Waals surface area contributed by atoms with Gasteiger partial charge in [-0.15, -0.1) is 0 Å². The lowest BCUT2D eigenvalue weighted by atomic mass is 9.66. The minimum Gasteiger partial charge on any atom is -0.325 e. The predicted octanol–water partition coefficient (Wildman–Crippen LogP) is 2.42. The van der Waals surface area contributed by atoms with Crippen molar-refractivity contribution >= 4 is 11.6 Å². The van der Waals surface area contributed by atoms with Crippen LogP contribution < -0.4 is 10.6 Å². The summed E-state index contributed by atoms with van der Waals surface area (Å²) in [6.07, 6.45) is 1.72. The van der Waals surface area contributed by atoms with E-state index in [1.54, 1.807) is 6.07 Å². The fraction of sp³-hybridized carbons (Fsp3) is 0.533. The van der Waals surface area contributed by atoms with Crippen LogP contribution in [0.1, 0.15) is 32.3 Å². The number of halogens is 1. The number of hydrogen-bond donors (Lipinski definition) is 2. The highest BCUT2D eigenvalue weighted by atomic mass is 19.1. The van der Waals surface area contributed by atoms with Gasteiger partial charge in [-0.25, -0.2) is 4.39 Å². The lowest BCUT2D eigenvalue weighted by Gasteiger charge is -2.42. The third-order valence-corrected chi connectivity index (χ3v) is 4.43. The van der Waals surface area contributed by atoms with Gasteiger partial charge in [0, 0.05) is 11.7 Å². The number of carbonyl (C=O) groups is 1. The van der Waals surface area contributed by atoms with Crippen LogP contribution in [0.5, 0.6) is 0 Å². The van der Waals surface area contributed by atoms with Gasteiger partial charge in [0.2, 0.25) is 5.91 Å². The Bertz CT molecular complexity index is 529. The predicted molar refractivity (Wildman–Crippen MR) is 72.6 cm³/mol. The van der Waals surface area contributed by atoms with Crippen LogP contribution >= 0.6 is 0 Å². The number of anilines is 1. The molecule has 0 unspecified atom stereocenters. The lowest BCUT2D eigenvalue weighted by molar-refractivity contribution is -0.123. The number of rotatable bonds is 1. The zero-order valence-corrected chi connectivity index (χ0v) is 11.3. The molecule has 0 aliphatic carbocycles. The molecule has 2 atom stereocenters. The molecule has 3 rings (SSSR count). The van der Waals surface area contributed by atoms with E-state index < -0.39 is 5.41 Å². The molecule has 1 aromatic rings. The molecule has 3 nitrogen and oxygen atoms in total. The largest absolute Gasteiger partial charge is 0.325 e. The van der Waals surface area contributed by atoms with Gasteiger partial charge in [-0.2, -0.15) is 0 Å². The van der Waals surface area contributed by atoms with Gasteiger partial charge >= 0.3 is 0 Å². The van der Waals surface area contributed by atoms with Gasteiger partial charge in [-0.3, -0.25) is 4.79 Å². The highest BCUT2D eigenvalue weighted by Gasteiger charge is 2.54. The van der Waals surface area contributed by atoms with E-state index >= 15 is 0 Å². The first-order chi connectivity index (χ1) is 9.05. The van der Waals surface area contributed by atoms with Crippen molar-refractivity contribution in [1.82, 2.24) is 5.32 Å². The summed E-state index contributed by atoms with van der Waals surface area (Å²) in [6.45, 7) is 5.13. The molecule has 4 heteroatoms. The molecule has 1 aromatic carbocycles. The van der Waals surface area contributed by atoms with Crippen LogP contribution in [-0.2, 0) is 10.2 Å². The molecule has 1 amide bonds. The van der Waals surface area contributed by atoms with E-state index in [9.17, 15) is 9.18 Å². The zero-order valence-electron chi connectivity index (χ0n) is 11.3. The van der Waals surface area contributed by atoms with Gasteiger partial charge in [0.25, 0.3) is 0 Å². The maximum Gasteiger partial charge on any atom is 0.236 e. The number of benzene rings is 1. The summed E-state index contributed by atoms with van der Waals surface area (Å²) in [5.41, 5.74) is 0.980. The molecule has 0 bridgehead atoms. The van der Waals surface area contributed by atoms with Gasteiger partial charge in [-0.1, -0.05) is 13.8 Å². The average molecular weight is 262 g/mol. The fourth-order valence-corrected chi connectivity index (χ4v) is 3.67. The normalized spacial score (nSPS) is 29.7. The standard InChI is InChI=1S/C15H19FN2O/c1-9(2)13-15(6-3-7-17-13)11-8-10(16)4-5-12(11)18-14(15)19/h4-5,8-9,13,17H,3,6-7H2,1-2H3,(H,18,19)/t13-,15+/m1/s1. The molecular formula is C15H19FN2O. The van der Waals surface area contributed by atoms with Crippen LogP contribution in [0.3, 0.4) is 0 Å². The monoisotopic (exact) mass is 262 g/mol. The number of nitrogens with one attached hydrogen (secondary N) is 2. The average Bonchev–Trinajstić information content (AvgIpc) is 2.64. The Kier molecular flexibility index (Phi) is 2.86. The Labute approximate surface area is 112 Å². The Morgan fingerprint density at radius 3 is 2.95 bits per heavy atom. The number of carbonyl (C=O) groups excluding carboxylic acids is 1. The minimum atomic E-state index is -0.607. The minimum absolute atomic E-state index is 0.0130. The van der Waals surface area contributed by atoms with Crippen molar-refractivity contribution in [3.63, 3.8) is 0 Å². The second-order valence-corrected chi connectivity index (χ2v) is 5.89. The second kappa shape index (κ2) is 4.30. The third kappa shape index (κ3) is 1.70. The molecule has 1 fully saturated rings. The van der Waals surface area contributed by atoms with Crippen LogP contribution in [0.25, 0.3) is 0 Å². The molecule has 1 saturated heterocycles. The fourth-order valence-electron chi connectivity index (χ4n) is 3.67. The van der Waals surface area contributed by atoms with Crippen molar-refractivity contribution in [2.24, 2.45) is 5.92 Å². The maximum atomic E-state index is 13.6. The molecule has 0 saturated carbocycles. The number of piperidine rings is 1. The summed E-state index contributed by atoms with van der Waals surface area (Å²) in [5, 5.41) is 6.38. The van der Waals surface area contributed by atoms with Crippen molar-refractivity contribution in [2.45, 2.75) is 38.1 Å². The van der Waals surface area contributed by atoms with E-state index in [2.05, 4.69) is 24.5 Å². The van der Waals surface area contributed by atoms with Crippen LogP contribution in [0, 0.1) is 11.7 Å². The molecule has 2 N–H and O–H groups in total. The van der Waals surface area contributed by atoms with Gasteiger partial charge in [0.1, 0.15) is 5.82 Å². The molecule has 102 valence electrons. The quantitative estimate of drug-likeness (QED) is 0.816. The van der Waals surface area contributed by atoms with Crippen LogP contribution in [0.4, 0.5) is 10.1 Å². The van der Waals surface area contributed by atoms with Crippen molar-refractivity contribution < 1.29 is 9.18 Å². The Morgan fingerprint density at radius 1 is 1.42 bits per heavy atom. The Balaban J connectivity index is 2.17. The van der Waals surface area contributed by atoms with E-state index in [4.69, 9.17) is 0 Å². The van der Waals surface area contributed by atoms with E-state index in [1.807, 2.05) is 0 Å². The molecular weight excluding hydrogens is 243 g/mol. The molecule has 2 heterocycles. The highest BCUT2D eigenvalue weighted by molar-refractivity contribution is 6.07. The number of amides is 1. The first kappa shape index (κ1) is 12.6. The summed E-state index contributed by atoms with van der Waals surface area (Å²) >= 11 is 0. The molecule has 1 spiro atoms. The van der Waals surface area contributed by atoms with E-state index in [0.29, 0.717) is 5.92 Å². The molecule has 0 radical (unpaired) electrons. The zero-order chi connectivity index (χ0) is 13.6. The smallest absolute Gasteiger partial charge is 0.236 e. The first-order valence-corrected chi connectivity index (χ1v) is 6.90. The summed E-state index contributed by atoms with van der Waals surface area (Å²) < 4.78 is 13.6. The highest BCUT2D eigenvalue weighted by Crippen LogP contribution is 2.46. The van der Waals surface area contributed by atoms with Crippen molar-refractivity contribution in [2.75, 3.05) is 11.9 Å². The Hall–Kier alpha value is -1.42. The van der Waals surface area contributed by atoms with Gasteiger partial charge in [-0.05, 0) is 49.1 Å². The van der Waals surface area contributed by atoms with Crippen molar-refractivity contribution in [3.8, 4) is 0 Å². The molecule has 2 aliphatic rings. The molecule has 19 heavy (non-hydrogen) atoms. The van der Waals surface area contributed by atoms with Crippen LogP contribution in [0.2, 0.25) is 0 Å². The SMILES string of the molecule is CC(C)[C@H]1NCCC[C@@]12C(=O)Nc1ccc(F)cc12. The third-order valence-electron chi connectivity index (χ3n) is 4.43. The first-order valence-electron chi connectivity index (χ1n) is 6.90. The topological polar surface area (TPSA) is 41.1 Å². The van der Waals surface area contributed by atoms with Crippen molar-refractivity contribution in [3.05, 3.63) is 29.6 Å². The maximum absolute atomic E-state index is 13.6. The van der Waals surface area contributed by atoms with E-state index in [0.717, 1.165) is 30.6 Å². The van der Waals surface area contributed by atoms with Gasteiger partial charge in [0.15, 0.2) is 0 Å². The van der Waals surface area contributed by atoms with Crippen LogP contribution in [0.15, 0.2) is 18.2 Å². The summed E-state index contributed by atoms with van der Waals surface area (Å²) in [7, 11) is 0. The lowest BCUT2D eigenvalue weighted by Crippen LogP contribution is -2.58. The summed E-state index contributed by atoms with van der Waals surface area (Å²) in [5.74, 6) is 0.0574. The number of hydrogen-bond acceptors (Lipinski definition) is 2. The summed E-state index contributed by atoms with van der Waals surface area (Å²) in [6, 6.07) is 4.65. The number of fused-ring (bicyclic) bond motifs is 2. The van der Waals surface area contributed by atoms with Gasteiger partial charge < -0.3 is 10.6 Å². The van der Waals surface area contributed by atoms with Crippen LogP contribution in [-0.4, -0.2) is 18.5 Å². The van der Waals surface area contributed by atoms with Gasteiger partial charge in [0.05, 0.1) is 5.41 Å². The van der Waals surface area contributed by atoms with E-state index in [-0.39, 0.29) is 17.8 Å². The molecule has 0 aromatic heterocycles. The second-order valence-electron chi connectivity index (χ2n) is 5.89. The summed E-state index contributed by atoms with van der Waals surface area (Å²) in [4.78, 5) is 12.6. The molecule has 2 aliphatic heterocycles. The van der Waals surface area contributed by atoms with E-state index in [1.165, 1.54) is 12.1 Å². The Morgan fingerprint density at radius 2 is 2.21 bits per heavy atom. The van der Waals surface area contributed by atoms with Crippen molar-refractivity contribution in [1.29, 1.82) is 0 Å².